The van der Waals surface area contributed by atoms with Crippen LogP contribution < -0.4 is 4.74 Å². The number of aryl methyl sites for hydroxylation is 1. The van der Waals surface area contributed by atoms with Gasteiger partial charge >= 0.3 is 0 Å². The molecule has 0 aromatic heterocycles. The van der Waals surface area contributed by atoms with Crippen LogP contribution in [0.4, 0.5) is 0 Å². The van der Waals surface area contributed by atoms with E-state index in [0.29, 0.717) is 5.75 Å². The van der Waals surface area contributed by atoms with Gasteiger partial charge in [0.2, 0.25) is 0 Å². The van der Waals surface area contributed by atoms with Crippen molar-refractivity contribution < 1.29 is 9.84 Å². The van der Waals surface area contributed by atoms with E-state index in [1.165, 1.54) is 0 Å². The number of ether oxygens (including phenoxy) is 1. The Kier molecular flexibility index (Phi) is 4.24. The lowest BCUT2D eigenvalue weighted by atomic mass is 10.1. The maximum Gasteiger partial charge on any atom is 0.127 e. The number of phenols is 1. The van der Waals surface area contributed by atoms with Crippen molar-refractivity contribution in [2.45, 2.75) is 26.2 Å². The molecule has 0 atom stereocenters. The van der Waals surface area contributed by atoms with Crippen molar-refractivity contribution in [2.75, 3.05) is 0 Å². The lowest BCUT2D eigenvalue weighted by Gasteiger charge is -2.09. The second-order valence-corrected chi connectivity index (χ2v) is 4.31. The summed E-state index contributed by atoms with van der Waals surface area (Å²) in [6, 6.07) is 15.1. The summed E-state index contributed by atoms with van der Waals surface area (Å²) in [5.74, 6) is 1.93. The van der Waals surface area contributed by atoms with E-state index in [1.54, 1.807) is 12.1 Å². The molecular weight excluding hydrogens is 224 g/mol. The molecule has 18 heavy (non-hydrogen) atoms. The first kappa shape index (κ1) is 12.5. The number of rotatable bonds is 5. The van der Waals surface area contributed by atoms with Crippen LogP contribution in [0.1, 0.15) is 25.3 Å². The van der Waals surface area contributed by atoms with Gasteiger partial charge in [0, 0.05) is 0 Å². The van der Waals surface area contributed by atoms with Gasteiger partial charge in [-0.05, 0) is 48.7 Å². The predicted octanol–water partition coefficient (Wildman–Crippen LogP) is 4.53. The first-order valence-corrected chi connectivity index (χ1v) is 6.34. The van der Waals surface area contributed by atoms with Crippen molar-refractivity contribution in [1.29, 1.82) is 0 Å². The van der Waals surface area contributed by atoms with Crippen LogP contribution in [-0.4, -0.2) is 5.11 Å². The normalized spacial score (nSPS) is 10.3. The van der Waals surface area contributed by atoms with E-state index in [9.17, 15) is 5.11 Å². The second kappa shape index (κ2) is 6.10. The summed E-state index contributed by atoms with van der Waals surface area (Å²) in [6.45, 7) is 2.14. The zero-order chi connectivity index (χ0) is 12.8. The summed E-state index contributed by atoms with van der Waals surface area (Å²) in [4.78, 5) is 0. The zero-order valence-corrected chi connectivity index (χ0v) is 10.6. The van der Waals surface area contributed by atoms with Gasteiger partial charge in [-0.15, -0.1) is 0 Å². The first-order valence-electron chi connectivity index (χ1n) is 6.34. The van der Waals surface area contributed by atoms with Crippen LogP contribution in [0.25, 0.3) is 0 Å². The Balaban J connectivity index is 2.14. The third kappa shape index (κ3) is 3.27. The Labute approximate surface area is 108 Å². The maximum absolute atomic E-state index is 9.77. The third-order valence-electron chi connectivity index (χ3n) is 2.83. The number of hydrogen-bond donors (Lipinski definition) is 1. The van der Waals surface area contributed by atoms with Gasteiger partial charge in [-0.25, -0.2) is 0 Å². The van der Waals surface area contributed by atoms with Crippen molar-refractivity contribution in [3.8, 4) is 17.2 Å². The molecule has 2 aromatic carbocycles. The van der Waals surface area contributed by atoms with Crippen LogP contribution in [-0.2, 0) is 6.42 Å². The monoisotopic (exact) mass is 242 g/mol. The fourth-order valence-electron chi connectivity index (χ4n) is 1.82. The molecule has 0 aliphatic rings. The summed E-state index contributed by atoms with van der Waals surface area (Å²) < 4.78 is 5.74. The molecule has 1 N–H and O–H groups in total. The molecule has 2 aromatic rings. The highest BCUT2D eigenvalue weighted by molar-refractivity contribution is 5.41. The second-order valence-electron chi connectivity index (χ2n) is 4.31. The molecule has 0 spiro atoms. The molecule has 0 fully saturated rings. The summed E-state index contributed by atoms with van der Waals surface area (Å²) >= 11 is 0. The van der Waals surface area contributed by atoms with Gasteiger partial charge in [0.15, 0.2) is 0 Å². The zero-order valence-electron chi connectivity index (χ0n) is 10.6. The highest BCUT2D eigenvalue weighted by Crippen LogP contribution is 2.27. The fourth-order valence-corrected chi connectivity index (χ4v) is 1.82. The molecule has 0 heterocycles. The molecule has 2 heteroatoms. The highest BCUT2D eigenvalue weighted by atomic mass is 16.5. The summed E-state index contributed by atoms with van der Waals surface area (Å²) in [7, 11) is 0. The Morgan fingerprint density at radius 1 is 1.00 bits per heavy atom. The van der Waals surface area contributed by atoms with E-state index < -0.39 is 0 Å². The molecule has 0 saturated heterocycles. The van der Waals surface area contributed by atoms with Crippen LogP contribution >= 0.6 is 0 Å². The average Bonchev–Trinajstić information content (AvgIpc) is 2.40. The molecule has 2 rings (SSSR count). The molecule has 0 bridgehead atoms. The minimum atomic E-state index is 0.351. The molecule has 0 saturated carbocycles. The Bertz CT molecular complexity index is 492. The number of aromatic hydroxyl groups is 1. The molecule has 0 radical (unpaired) electrons. The number of benzene rings is 2. The van der Waals surface area contributed by atoms with Crippen molar-refractivity contribution in [1.82, 2.24) is 0 Å². The van der Waals surface area contributed by atoms with Crippen LogP contribution in [0.5, 0.6) is 17.2 Å². The summed E-state index contributed by atoms with van der Waals surface area (Å²) in [5, 5.41) is 9.77. The first-order chi connectivity index (χ1) is 8.79. The van der Waals surface area contributed by atoms with Crippen LogP contribution in [0.15, 0.2) is 48.5 Å². The van der Waals surface area contributed by atoms with Gasteiger partial charge in [0.1, 0.15) is 17.2 Å². The molecule has 2 nitrogen and oxygen atoms in total. The number of para-hydroxylation sites is 1. The van der Waals surface area contributed by atoms with Crippen LogP contribution in [0.3, 0.4) is 0 Å². The standard InChI is InChI=1S/C16H18O2/c1-2-3-7-13-12-15(10-11-16(13)17)18-14-8-5-4-6-9-14/h4-6,8-12,17H,2-3,7H2,1H3. The molecule has 94 valence electrons. The minimum Gasteiger partial charge on any atom is -0.508 e. The van der Waals surface area contributed by atoms with Gasteiger partial charge in [-0.1, -0.05) is 31.5 Å². The average molecular weight is 242 g/mol. The molecule has 0 amide bonds. The van der Waals surface area contributed by atoms with Crippen molar-refractivity contribution >= 4 is 0 Å². The van der Waals surface area contributed by atoms with E-state index in [4.69, 9.17) is 4.74 Å². The van der Waals surface area contributed by atoms with Gasteiger partial charge < -0.3 is 9.84 Å². The predicted molar refractivity (Wildman–Crippen MR) is 73.2 cm³/mol. The topological polar surface area (TPSA) is 29.5 Å². The van der Waals surface area contributed by atoms with Crippen LogP contribution in [0, 0.1) is 0 Å². The van der Waals surface area contributed by atoms with Gasteiger partial charge in [-0.3, -0.25) is 0 Å². The van der Waals surface area contributed by atoms with Gasteiger partial charge in [0.25, 0.3) is 0 Å². The van der Waals surface area contributed by atoms with Crippen molar-refractivity contribution in [3.05, 3.63) is 54.1 Å². The van der Waals surface area contributed by atoms with E-state index in [0.717, 1.165) is 36.3 Å². The Hall–Kier alpha value is -1.96. The number of unbranched alkanes of at least 4 members (excludes halogenated alkanes) is 1. The smallest absolute Gasteiger partial charge is 0.127 e. The fraction of sp³-hybridized carbons (Fsp3) is 0.250. The molecule has 0 unspecified atom stereocenters. The lowest BCUT2D eigenvalue weighted by molar-refractivity contribution is 0.456. The van der Waals surface area contributed by atoms with Crippen molar-refractivity contribution in [2.24, 2.45) is 0 Å². The molecule has 0 aliphatic carbocycles. The SMILES string of the molecule is CCCCc1cc(Oc2ccccc2)ccc1O. The maximum atomic E-state index is 9.77. The van der Waals surface area contributed by atoms with Crippen molar-refractivity contribution in [3.63, 3.8) is 0 Å². The Morgan fingerprint density at radius 2 is 1.78 bits per heavy atom. The molecular formula is C16H18O2. The van der Waals surface area contributed by atoms with E-state index >= 15 is 0 Å². The lowest BCUT2D eigenvalue weighted by Crippen LogP contribution is -1.89. The van der Waals surface area contributed by atoms with E-state index in [1.807, 2.05) is 36.4 Å². The minimum absolute atomic E-state index is 0.351. The summed E-state index contributed by atoms with van der Waals surface area (Å²) in [5.41, 5.74) is 0.949. The Morgan fingerprint density at radius 3 is 2.50 bits per heavy atom. The third-order valence-corrected chi connectivity index (χ3v) is 2.83. The summed E-state index contributed by atoms with van der Waals surface area (Å²) in [6.07, 6.45) is 3.07. The highest BCUT2D eigenvalue weighted by Gasteiger charge is 2.04. The largest absolute Gasteiger partial charge is 0.508 e. The van der Waals surface area contributed by atoms with Crippen LogP contribution in [0.2, 0.25) is 0 Å². The van der Waals surface area contributed by atoms with Gasteiger partial charge in [0.05, 0.1) is 0 Å². The quantitative estimate of drug-likeness (QED) is 0.834. The molecule has 0 aliphatic heterocycles. The number of hydrogen-bond acceptors (Lipinski definition) is 2. The van der Waals surface area contributed by atoms with Gasteiger partial charge in [-0.2, -0.15) is 0 Å². The van der Waals surface area contributed by atoms with E-state index in [2.05, 4.69) is 6.92 Å². The number of phenolic OH excluding ortho intramolecular Hbond substituents is 1. The van der Waals surface area contributed by atoms with E-state index in [-0.39, 0.29) is 0 Å².